The minimum absolute atomic E-state index is 0.544. The Morgan fingerprint density at radius 2 is 2.13 bits per heavy atom. The van der Waals surface area contributed by atoms with Gasteiger partial charge < -0.3 is 14.7 Å². The Kier molecular flexibility index (Phi) is 3.70. The maximum absolute atomic E-state index is 5.14. The van der Waals surface area contributed by atoms with Crippen LogP contribution in [0.4, 0.5) is 0 Å². The van der Waals surface area contributed by atoms with Gasteiger partial charge in [0.15, 0.2) is 5.65 Å². The van der Waals surface area contributed by atoms with Crippen LogP contribution in [0.15, 0.2) is 24.5 Å². The third-order valence-corrected chi connectivity index (χ3v) is 4.45. The largest absolute Gasteiger partial charge is 0.481 e. The van der Waals surface area contributed by atoms with Crippen molar-refractivity contribution in [2.75, 3.05) is 20.2 Å². The monoisotopic (exact) mass is 312 g/mol. The smallest absolute Gasteiger partial charge is 0.215 e. The molecular weight excluding hydrogens is 292 g/mol. The number of H-pyrrole nitrogens is 2. The quantitative estimate of drug-likeness (QED) is 0.770. The number of aromatic nitrogens is 5. The SMILES string of the molecule is COc1ccc2[nH]c(CN3CCC(c4ncc[nH]4)CC3)nc2n1. The highest BCUT2D eigenvalue weighted by Crippen LogP contribution is 2.26. The first-order valence-corrected chi connectivity index (χ1v) is 7.93. The van der Waals surface area contributed by atoms with E-state index >= 15 is 0 Å². The molecule has 0 atom stereocenters. The molecule has 1 aliphatic rings. The fraction of sp³-hybridized carbons (Fsp3) is 0.438. The predicted molar refractivity (Wildman–Crippen MR) is 86.3 cm³/mol. The fourth-order valence-electron chi connectivity index (χ4n) is 3.19. The number of nitrogens with one attached hydrogen (secondary N) is 2. The number of imidazole rings is 2. The summed E-state index contributed by atoms with van der Waals surface area (Å²) in [6.07, 6.45) is 5.98. The summed E-state index contributed by atoms with van der Waals surface area (Å²) in [5.41, 5.74) is 1.66. The summed E-state index contributed by atoms with van der Waals surface area (Å²) in [4.78, 5) is 22.3. The van der Waals surface area contributed by atoms with Crippen LogP contribution in [0, 0.1) is 0 Å². The lowest BCUT2D eigenvalue weighted by atomic mass is 9.96. The number of aromatic amines is 2. The standard InChI is InChI=1S/C16H20N6O/c1-23-14-3-2-12-16(21-14)20-13(19-12)10-22-8-4-11(5-9-22)15-17-6-7-18-15/h2-3,6-7,11H,4-5,8-10H2,1H3,(H,17,18)(H,19,20,21). The van der Waals surface area contributed by atoms with Crippen molar-refractivity contribution >= 4 is 11.2 Å². The molecule has 7 nitrogen and oxygen atoms in total. The summed E-state index contributed by atoms with van der Waals surface area (Å²) in [5, 5.41) is 0. The lowest BCUT2D eigenvalue weighted by Gasteiger charge is -2.30. The maximum atomic E-state index is 5.14. The third-order valence-electron chi connectivity index (χ3n) is 4.45. The van der Waals surface area contributed by atoms with Crippen LogP contribution in [0.3, 0.4) is 0 Å². The van der Waals surface area contributed by atoms with E-state index in [0.29, 0.717) is 17.4 Å². The zero-order chi connectivity index (χ0) is 15.6. The lowest BCUT2D eigenvalue weighted by Crippen LogP contribution is -2.33. The van der Waals surface area contributed by atoms with Gasteiger partial charge in [-0.25, -0.2) is 9.97 Å². The van der Waals surface area contributed by atoms with Gasteiger partial charge in [-0.2, -0.15) is 4.98 Å². The van der Waals surface area contributed by atoms with Crippen molar-refractivity contribution in [3.63, 3.8) is 0 Å². The molecule has 4 heterocycles. The van der Waals surface area contributed by atoms with Crippen LogP contribution < -0.4 is 4.74 Å². The van der Waals surface area contributed by atoms with E-state index in [2.05, 4.69) is 29.8 Å². The molecule has 0 spiro atoms. The average molecular weight is 312 g/mol. The molecule has 0 radical (unpaired) electrons. The van der Waals surface area contributed by atoms with Crippen LogP contribution in [0.2, 0.25) is 0 Å². The average Bonchev–Trinajstić information content (AvgIpc) is 3.24. The highest BCUT2D eigenvalue weighted by molar-refractivity contribution is 5.71. The van der Waals surface area contributed by atoms with E-state index in [1.54, 1.807) is 7.11 Å². The van der Waals surface area contributed by atoms with Crippen LogP contribution in [0.1, 0.15) is 30.4 Å². The van der Waals surface area contributed by atoms with Gasteiger partial charge in [0, 0.05) is 24.4 Å². The van der Waals surface area contributed by atoms with Crippen molar-refractivity contribution in [1.82, 2.24) is 29.8 Å². The first-order chi connectivity index (χ1) is 11.3. The van der Waals surface area contributed by atoms with Gasteiger partial charge in [0.2, 0.25) is 5.88 Å². The summed E-state index contributed by atoms with van der Waals surface area (Å²) >= 11 is 0. The number of ether oxygens (including phenoxy) is 1. The first-order valence-electron chi connectivity index (χ1n) is 7.93. The van der Waals surface area contributed by atoms with Gasteiger partial charge >= 0.3 is 0 Å². The van der Waals surface area contributed by atoms with Crippen LogP contribution >= 0.6 is 0 Å². The summed E-state index contributed by atoms with van der Waals surface area (Å²) in [5.74, 6) is 3.21. The highest BCUT2D eigenvalue weighted by Gasteiger charge is 2.22. The minimum atomic E-state index is 0.544. The van der Waals surface area contributed by atoms with Gasteiger partial charge in [-0.1, -0.05) is 0 Å². The number of rotatable bonds is 4. The van der Waals surface area contributed by atoms with Crippen molar-refractivity contribution in [2.24, 2.45) is 0 Å². The topological polar surface area (TPSA) is 82.7 Å². The fourth-order valence-corrected chi connectivity index (χ4v) is 3.19. The Hall–Kier alpha value is -2.41. The van der Waals surface area contributed by atoms with Crippen LogP contribution in [-0.2, 0) is 6.54 Å². The molecule has 1 fully saturated rings. The van der Waals surface area contributed by atoms with E-state index in [-0.39, 0.29) is 0 Å². The molecule has 7 heteroatoms. The molecule has 0 bridgehead atoms. The molecule has 120 valence electrons. The molecule has 0 saturated carbocycles. The van der Waals surface area contributed by atoms with Crippen molar-refractivity contribution in [3.05, 3.63) is 36.2 Å². The molecule has 1 saturated heterocycles. The van der Waals surface area contributed by atoms with Gasteiger partial charge in [-0.05, 0) is 32.0 Å². The number of pyridine rings is 1. The van der Waals surface area contributed by atoms with Crippen molar-refractivity contribution in [3.8, 4) is 5.88 Å². The Balaban J connectivity index is 1.41. The molecule has 1 aliphatic heterocycles. The molecule has 0 unspecified atom stereocenters. The number of methoxy groups -OCH3 is 1. The molecule has 3 aromatic heterocycles. The van der Waals surface area contributed by atoms with E-state index in [1.165, 1.54) is 0 Å². The third kappa shape index (κ3) is 2.92. The summed E-state index contributed by atoms with van der Waals surface area (Å²) in [7, 11) is 1.62. The van der Waals surface area contributed by atoms with Gasteiger partial charge in [0.25, 0.3) is 0 Å². The number of hydrogen-bond acceptors (Lipinski definition) is 5. The van der Waals surface area contributed by atoms with Gasteiger partial charge in [-0.15, -0.1) is 0 Å². The van der Waals surface area contributed by atoms with Gasteiger partial charge in [0.1, 0.15) is 11.6 Å². The Bertz CT molecular complexity index is 773. The van der Waals surface area contributed by atoms with Crippen molar-refractivity contribution in [2.45, 2.75) is 25.3 Å². The summed E-state index contributed by atoms with van der Waals surface area (Å²) < 4.78 is 5.14. The van der Waals surface area contributed by atoms with E-state index in [4.69, 9.17) is 4.74 Å². The number of piperidine rings is 1. The molecule has 4 rings (SSSR count). The van der Waals surface area contributed by atoms with Crippen LogP contribution in [0.5, 0.6) is 5.88 Å². The zero-order valence-corrected chi connectivity index (χ0v) is 13.1. The maximum Gasteiger partial charge on any atom is 0.215 e. The second-order valence-electron chi connectivity index (χ2n) is 5.93. The van der Waals surface area contributed by atoms with Gasteiger partial charge in [0.05, 0.1) is 19.2 Å². The molecule has 0 aromatic carbocycles. The second kappa shape index (κ2) is 6.00. The number of likely N-dealkylation sites (tertiary alicyclic amines) is 1. The number of fused-ring (bicyclic) bond motifs is 1. The second-order valence-corrected chi connectivity index (χ2v) is 5.93. The van der Waals surface area contributed by atoms with Crippen molar-refractivity contribution in [1.29, 1.82) is 0 Å². The predicted octanol–water partition coefficient (Wildman–Crippen LogP) is 2.07. The highest BCUT2D eigenvalue weighted by atomic mass is 16.5. The minimum Gasteiger partial charge on any atom is -0.481 e. The molecule has 2 N–H and O–H groups in total. The van der Waals surface area contributed by atoms with E-state index < -0.39 is 0 Å². The molecule has 3 aromatic rings. The lowest BCUT2D eigenvalue weighted by molar-refractivity contribution is 0.198. The van der Waals surface area contributed by atoms with Gasteiger partial charge in [-0.3, -0.25) is 4.90 Å². The van der Waals surface area contributed by atoms with Crippen molar-refractivity contribution < 1.29 is 4.74 Å². The van der Waals surface area contributed by atoms with Crippen LogP contribution in [0.25, 0.3) is 11.2 Å². The zero-order valence-electron chi connectivity index (χ0n) is 13.1. The summed E-state index contributed by atoms with van der Waals surface area (Å²) in [6.45, 7) is 2.93. The van der Waals surface area contributed by atoms with E-state index in [0.717, 1.165) is 49.6 Å². The molecule has 23 heavy (non-hydrogen) atoms. The number of nitrogens with zero attached hydrogens (tertiary/aromatic N) is 4. The number of hydrogen-bond donors (Lipinski definition) is 2. The normalized spacial score (nSPS) is 16.9. The Morgan fingerprint density at radius 1 is 1.26 bits per heavy atom. The first kappa shape index (κ1) is 14.2. The summed E-state index contributed by atoms with van der Waals surface area (Å²) in [6, 6.07) is 3.81. The van der Waals surface area contributed by atoms with E-state index in [1.807, 2.05) is 24.5 Å². The molecule has 0 amide bonds. The Labute approximate surface area is 134 Å². The molecule has 0 aliphatic carbocycles. The molecular formula is C16H20N6O. The van der Waals surface area contributed by atoms with E-state index in [9.17, 15) is 0 Å². The van der Waals surface area contributed by atoms with Crippen LogP contribution in [-0.4, -0.2) is 50.0 Å². The Morgan fingerprint density at radius 3 is 2.87 bits per heavy atom.